The first-order valence-corrected chi connectivity index (χ1v) is 5.39. The van der Waals surface area contributed by atoms with Crippen molar-refractivity contribution in [2.45, 2.75) is 33.1 Å². The fourth-order valence-corrected chi connectivity index (χ4v) is 1.95. The van der Waals surface area contributed by atoms with E-state index in [4.69, 9.17) is 10.4 Å². The fraction of sp³-hybridized carbons (Fsp3) is 0.385. The summed E-state index contributed by atoms with van der Waals surface area (Å²) in [6, 6.07) is 5.76. The lowest BCUT2D eigenvalue weighted by Crippen LogP contribution is -2.08. The Labute approximate surface area is 95.3 Å². The lowest BCUT2D eigenvalue weighted by molar-refractivity contribution is -0.136. The molecule has 0 fully saturated rings. The van der Waals surface area contributed by atoms with Crippen molar-refractivity contribution in [3.8, 4) is 6.07 Å². The molecule has 0 aliphatic heterocycles. The van der Waals surface area contributed by atoms with E-state index in [0.717, 1.165) is 23.1 Å². The summed E-state index contributed by atoms with van der Waals surface area (Å²) in [6.45, 7) is 3.94. The molecule has 0 radical (unpaired) electrons. The van der Waals surface area contributed by atoms with Gasteiger partial charge >= 0.3 is 5.97 Å². The van der Waals surface area contributed by atoms with Gasteiger partial charge in [-0.05, 0) is 35.6 Å². The Hall–Kier alpha value is -1.82. The van der Waals surface area contributed by atoms with E-state index in [-0.39, 0.29) is 6.42 Å². The number of nitriles is 1. The number of carboxylic acids is 1. The quantitative estimate of drug-likeness (QED) is 0.841. The fourth-order valence-electron chi connectivity index (χ4n) is 1.95. The van der Waals surface area contributed by atoms with Crippen molar-refractivity contribution in [1.82, 2.24) is 0 Å². The molecule has 3 nitrogen and oxygen atoms in total. The van der Waals surface area contributed by atoms with Crippen molar-refractivity contribution in [1.29, 1.82) is 5.26 Å². The van der Waals surface area contributed by atoms with E-state index < -0.39 is 5.97 Å². The Balaban J connectivity index is 3.37. The van der Waals surface area contributed by atoms with Gasteiger partial charge in [-0.1, -0.05) is 19.9 Å². The topological polar surface area (TPSA) is 61.1 Å². The van der Waals surface area contributed by atoms with Crippen LogP contribution in [0.4, 0.5) is 0 Å². The van der Waals surface area contributed by atoms with E-state index in [9.17, 15) is 4.79 Å². The minimum Gasteiger partial charge on any atom is -0.481 e. The van der Waals surface area contributed by atoms with Gasteiger partial charge in [-0.15, -0.1) is 0 Å². The SMILES string of the molecule is CCc1ccc(C#N)c(CC)c1CC(=O)O. The van der Waals surface area contributed by atoms with Crippen LogP contribution in [0.3, 0.4) is 0 Å². The van der Waals surface area contributed by atoms with Gasteiger partial charge in [-0.2, -0.15) is 5.26 Å². The highest BCUT2D eigenvalue weighted by molar-refractivity contribution is 5.72. The van der Waals surface area contributed by atoms with E-state index in [1.807, 2.05) is 19.9 Å². The van der Waals surface area contributed by atoms with Crippen LogP contribution in [-0.2, 0) is 24.1 Å². The van der Waals surface area contributed by atoms with E-state index >= 15 is 0 Å². The average Bonchev–Trinajstić information content (AvgIpc) is 2.27. The van der Waals surface area contributed by atoms with Crippen LogP contribution in [0.5, 0.6) is 0 Å². The monoisotopic (exact) mass is 217 g/mol. The Bertz CT molecular complexity index is 444. The molecule has 1 rings (SSSR count). The maximum atomic E-state index is 10.8. The van der Waals surface area contributed by atoms with Crippen molar-refractivity contribution in [3.63, 3.8) is 0 Å². The molecular weight excluding hydrogens is 202 g/mol. The molecule has 84 valence electrons. The molecule has 0 aliphatic rings. The smallest absolute Gasteiger partial charge is 0.307 e. The van der Waals surface area contributed by atoms with Crippen molar-refractivity contribution in [2.24, 2.45) is 0 Å². The summed E-state index contributed by atoms with van der Waals surface area (Å²) in [5, 5.41) is 17.9. The van der Waals surface area contributed by atoms with Crippen LogP contribution in [0, 0.1) is 11.3 Å². The van der Waals surface area contributed by atoms with Gasteiger partial charge in [0.25, 0.3) is 0 Å². The van der Waals surface area contributed by atoms with Crippen molar-refractivity contribution < 1.29 is 9.90 Å². The first-order chi connectivity index (χ1) is 7.63. The molecule has 0 saturated heterocycles. The number of hydrogen-bond acceptors (Lipinski definition) is 2. The molecule has 0 amide bonds. The maximum Gasteiger partial charge on any atom is 0.307 e. The number of rotatable bonds is 4. The van der Waals surface area contributed by atoms with E-state index in [1.165, 1.54) is 0 Å². The van der Waals surface area contributed by atoms with Crippen LogP contribution >= 0.6 is 0 Å². The molecule has 0 bridgehead atoms. The lowest BCUT2D eigenvalue weighted by Gasteiger charge is -2.12. The molecule has 16 heavy (non-hydrogen) atoms. The molecule has 0 aromatic heterocycles. The summed E-state index contributed by atoms with van der Waals surface area (Å²) >= 11 is 0. The van der Waals surface area contributed by atoms with Gasteiger partial charge < -0.3 is 5.11 Å². The predicted molar refractivity (Wildman–Crippen MR) is 61.3 cm³/mol. The highest BCUT2D eigenvalue weighted by atomic mass is 16.4. The van der Waals surface area contributed by atoms with Crippen molar-refractivity contribution in [3.05, 3.63) is 34.4 Å². The minimum absolute atomic E-state index is 0.00185. The number of aryl methyl sites for hydroxylation is 1. The van der Waals surface area contributed by atoms with Crippen LogP contribution in [0.1, 0.15) is 36.1 Å². The Morgan fingerprint density at radius 2 is 2.00 bits per heavy atom. The third kappa shape index (κ3) is 2.40. The Morgan fingerprint density at radius 1 is 1.31 bits per heavy atom. The molecule has 1 aromatic carbocycles. The number of hydrogen-bond donors (Lipinski definition) is 1. The second kappa shape index (κ2) is 5.32. The van der Waals surface area contributed by atoms with Gasteiger partial charge in [0, 0.05) is 0 Å². The molecule has 0 spiro atoms. The Morgan fingerprint density at radius 3 is 2.44 bits per heavy atom. The zero-order valence-electron chi connectivity index (χ0n) is 9.58. The van der Waals surface area contributed by atoms with Crippen LogP contribution in [0.2, 0.25) is 0 Å². The van der Waals surface area contributed by atoms with Gasteiger partial charge in [0.1, 0.15) is 0 Å². The highest BCUT2D eigenvalue weighted by Gasteiger charge is 2.13. The summed E-state index contributed by atoms with van der Waals surface area (Å²) in [6.07, 6.45) is 1.49. The first kappa shape index (κ1) is 12.3. The number of carbonyl (C=O) groups is 1. The van der Waals surface area contributed by atoms with E-state index in [2.05, 4.69) is 6.07 Å². The second-order valence-corrected chi connectivity index (χ2v) is 3.62. The summed E-state index contributed by atoms with van der Waals surface area (Å²) in [7, 11) is 0. The number of aliphatic carboxylic acids is 1. The highest BCUT2D eigenvalue weighted by Crippen LogP contribution is 2.21. The maximum absolute atomic E-state index is 10.8. The molecule has 1 N–H and O–H groups in total. The first-order valence-electron chi connectivity index (χ1n) is 5.39. The lowest BCUT2D eigenvalue weighted by atomic mass is 9.91. The van der Waals surface area contributed by atoms with Crippen molar-refractivity contribution >= 4 is 5.97 Å². The van der Waals surface area contributed by atoms with Gasteiger partial charge in [-0.25, -0.2) is 0 Å². The summed E-state index contributed by atoms with van der Waals surface area (Å²) in [5.74, 6) is -0.848. The zero-order chi connectivity index (χ0) is 12.1. The number of nitrogens with zero attached hydrogens (tertiary/aromatic N) is 1. The van der Waals surface area contributed by atoms with Gasteiger partial charge in [0.15, 0.2) is 0 Å². The molecule has 0 atom stereocenters. The van der Waals surface area contributed by atoms with Crippen LogP contribution < -0.4 is 0 Å². The van der Waals surface area contributed by atoms with Crippen LogP contribution in [-0.4, -0.2) is 11.1 Å². The minimum atomic E-state index is -0.848. The van der Waals surface area contributed by atoms with E-state index in [1.54, 1.807) is 6.07 Å². The van der Waals surface area contributed by atoms with Crippen molar-refractivity contribution in [2.75, 3.05) is 0 Å². The molecule has 0 heterocycles. The van der Waals surface area contributed by atoms with Gasteiger partial charge in [0.05, 0.1) is 18.1 Å². The van der Waals surface area contributed by atoms with Crippen LogP contribution in [0.25, 0.3) is 0 Å². The Kier molecular flexibility index (Phi) is 4.07. The second-order valence-electron chi connectivity index (χ2n) is 3.62. The number of carboxylic acid groups (broad SMARTS) is 1. The molecule has 0 unspecified atom stereocenters. The van der Waals surface area contributed by atoms with Gasteiger partial charge in [0.2, 0.25) is 0 Å². The summed E-state index contributed by atoms with van der Waals surface area (Å²) in [4.78, 5) is 10.8. The zero-order valence-corrected chi connectivity index (χ0v) is 9.58. The molecule has 3 heteroatoms. The summed E-state index contributed by atoms with van der Waals surface area (Å²) < 4.78 is 0. The van der Waals surface area contributed by atoms with Gasteiger partial charge in [-0.3, -0.25) is 4.79 Å². The third-order valence-corrected chi connectivity index (χ3v) is 2.71. The average molecular weight is 217 g/mol. The van der Waals surface area contributed by atoms with E-state index in [0.29, 0.717) is 12.0 Å². The molecule has 0 saturated carbocycles. The molecule has 1 aromatic rings. The van der Waals surface area contributed by atoms with Crippen LogP contribution in [0.15, 0.2) is 12.1 Å². The standard InChI is InChI=1S/C13H15NO2/c1-3-9-5-6-10(8-14)11(4-2)12(9)7-13(15)16/h5-6H,3-4,7H2,1-2H3,(H,15,16). The largest absolute Gasteiger partial charge is 0.481 e. The predicted octanol–water partition coefficient (Wildman–Crippen LogP) is 2.31. The normalized spacial score (nSPS) is 9.81. The molecule has 0 aliphatic carbocycles. The molecular formula is C13H15NO2. The third-order valence-electron chi connectivity index (χ3n) is 2.71. The number of benzene rings is 1. The summed E-state index contributed by atoms with van der Waals surface area (Å²) in [5.41, 5.74) is 3.31.